The van der Waals surface area contributed by atoms with Crippen LogP contribution in [0.15, 0.2) is 57.0 Å². The number of benzene rings is 2. The van der Waals surface area contributed by atoms with E-state index < -0.39 is 5.97 Å². The van der Waals surface area contributed by atoms with Crippen LogP contribution in [0.1, 0.15) is 19.4 Å². The highest BCUT2D eigenvalue weighted by atomic mass is 79.9. The molecular weight excluding hydrogens is 478 g/mol. The molecule has 150 valence electrons. The molecule has 0 amide bonds. The number of aromatic nitrogens is 3. The standard InChI is InChI=1S/C20H17BrClN3O3S/c1-11(2)28-16-8-5-14(21)9-13(16)10-17(19(26)27)29-20-23-18(24-25-20)12-3-6-15(22)7-4-12/h3-11H,1-2H3,(H,26,27)(H,23,24,25)/b17-10+. The van der Waals surface area contributed by atoms with E-state index in [9.17, 15) is 9.90 Å². The molecule has 0 fully saturated rings. The second kappa shape index (κ2) is 9.47. The van der Waals surface area contributed by atoms with Crippen LogP contribution < -0.4 is 4.74 Å². The molecule has 3 aromatic rings. The molecule has 0 radical (unpaired) electrons. The lowest BCUT2D eigenvalue weighted by molar-refractivity contribution is -0.131. The molecule has 0 aliphatic rings. The summed E-state index contributed by atoms with van der Waals surface area (Å²) in [6.45, 7) is 3.82. The summed E-state index contributed by atoms with van der Waals surface area (Å²) >= 11 is 10.3. The van der Waals surface area contributed by atoms with Gasteiger partial charge >= 0.3 is 5.97 Å². The molecule has 2 aromatic carbocycles. The van der Waals surface area contributed by atoms with E-state index in [0.717, 1.165) is 21.8 Å². The first-order valence-electron chi connectivity index (χ1n) is 8.59. The Labute approximate surface area is 185 Å². The topological polar surface area (TPSA) is 88.1 Å². The predicted octanol–water partition coefficient (Wildman–Crippen LogP) is 5.89. The minimum atomic E-state index is -1.08. The van der Waals surface area contributed by atoms with Crippen molar-refractivity contribution in [3.8, 4) is 17.1 Å². The molecule has 0 saturated heterocycles. The van der Waals surface area contributed by atoms with Crippen LogP contribution in [0, 0.1) is 0 Å². The monoisotopic (exact) mass is 493 g/mol. The lowest BCUT2D eigenvalue weighted by atomic mass is 10.2. The third-order valence-electron chi connectivity index (χ3n) is 3.62. The van der Waals surface area contributed by atoms with E-state index in [1.54, 1.807) is 30.3 Å². The van der Waals surface area contributed by atoms with Crippen molar-refractivity contribution >= 4 is 51.3 Å². The van der Waals surface area contributed by atoms with E-state index in [0.29, 0.717) is 27.3 Å². The van der Waals surface area contributed by atoms with Gasteiger partial charge in [-0.3, -0.25) is 5.10 Å². The van der Waals surface area contributed by atoms with Gasteiger partial charge in [-0.15, -0.1) is 5.10 Å². The summed E-state index contributed by atoms with van der Waals surface area (Å²) in [4.78, 5) is 16.3. The zero-order chi connectivity index (χ0) is 21.0. The molecule has 0 unspecified atom stereocenters. The molecule has 0 spiro atoms. The number of hydrogen-bond donors (Lipinski definition) is 2. The van der Waals surface area contributed by atoms with Gasteiger partial charge in [0.25, 0.3) is 0 Å². The van der Waals surface area contributed by atoms with Crippen molar-refractivity contribution in [2.45, 2.75) is 25.1 Å². The summed E-state index contributed by atoms with van der Waals surface area (Å²) in [5.74, 6) is 0.0443. The fourth-order valence-corrected chi connectivity index (χ4v) is 3.60. The molecule has 0 bridgehead atoms. The van der Waals surface area contributed by atoms with E-state index in [4.69, 9.17) is 16.3 Å². The van der Waals surface area contributed by atoms with Crippen LogP contribution in [0.4, 0.5) is 0 Å². The normalized spacial score (nSPS) is 11.7. The summed E-state index contributed by atoms with van der Waals surface area (Å²) in [6.07, 6.45) is 1.51. The molecule has 0 atom stereocenters. The third kappa shape index (κ3) is 5.85. The summed E-state index contributed by atoms with van der Waals surface area (Å²) in [7, 11) is 0. The number of carboxylic acids is 1. The lowest BCUT2D eigenvalue weighted by Crippen LogP contribution is -2.07. The second-order valence-corrected chi connectivity index (χ2v) is 8.60. The first kappa shape index (κ1) is 21.4. The van der Waals surface area contributed by atoms with Gasteiger partial charge in [0.1, 0.15) is 10.7 Å². The highest BCUT2D eigenvalue weighted by Gasteiger charge is 2.16. The van der Waals surface area contributed by atoms with E-state index >= 15 is 0 Å². The van der Waals surface area contributed by atoms with Gasteiger partial charge in [0, 0.05) is 20.6 Å². The zero-order valence-corrected chi connectivity index (χ0v) is 18.7. The number of aromatic amines is 1. The van der Waals surface area contributed by atoms with Gasteiger partial charge in [-0.05, 0) is 74.1 Å². The molecule has 0 saturated carbocycles. The van der Waals surface area contributed by atoms with Crippen LogP contribution in [0.25, 0.3) is 17.5 Å². The number of nitrogens with zero attached hydrogens (tertiary/aromatic N) is 2. The summed E-state index contributed by atoms with van der Waals surface area (Å²) < 4.78 is 6.60. The van der Waals surface area contributed by atoms with Crippen molar-refractivity contribution in [2.75, 3.05) is 0 Å². The number of halogens is 2. The maximum Gasteiger partial charge on any atom is 0.342 e. The number of ether oxygens (including phenoxy) is 1. The summed E-state index contributed by atoms with van der Waals surface area (Å²) in [5, 5.41) is 17.5. The molecule has 2 N–H and O–H groups in total. The summed E-state index contributed by atoms with van der Waals surface area (Å²) in [6, 6.07) is 12.6. The van der Waals surface area contributed by atoms with E-state index in [1.165, 1.54) is 0 Å². The minimum absolute atomic E-state index is 0.0424. The number of aliphatic carboxylic acids is 1. The Morgan fingerprint density at radius 2 is 2.00 bits per heavy atom. The van der Waals surface area contributed by atoms with Gasteiger partial charge in [0.05, 0.1) is 6.10 Å². The van der Waals surface area contributed by atoms with Crippen molar-refractivity contribution in [1.82, 2.24) is 15.2 Å². The van der Waals surface area contributed by atoms with Crippen molar-refractivity contribution < 1.29 is 14.6 Å². The number of nitrogens with one attached hydrogen (secondary N) is 1. The first-order chi connectivity index (χ1) is 13.8. The molecule has 3 rings (SSSR count). The highest BCUT2D eigenvalue weighted by molar-refractivity contribution is 9.10. The number of thioether (sulfide) groups is 1. The van der Waals surface area contributed by atoms with Gasteiger partial charge in [0.15, 0.2) is 5.82 Å². The quantitative estimate of drug-likeness (QED) is 0.314. The van der Waals surface area contributed by atoms with Crippen LogP contribution in [0.2, 0.25) is 5.02 Å². The van der Waals surface area contributed by atoms with Gasteiger partial charge in [0.2, 0.25) is 5.16 Å². The van der Waals surface area contributed by atoms with Crippen LogP contribution >= 0.6 is 39.3 Å². The average molecular weight is 495 g/mol. The number of rotatable bonds is 7. The van der Waals surface area contributed by atoms with Crippen molar-refractivity contribution in [3.63, 3.8) is 0 Å². The van der Waals surface area contributed by atoms with Gasteiger partial charge in [-0.1, -0.05) is 27.5 Å². The molecule has 1 aromatic heterocycles. The van der Waals surface area contributed by atoms with E-state index in [2.05, 4.69) is 31.1 Å². The third-order valence-corrected chi connectivity index (χ3v) is 5.24. The Balaban J connectivity index is 1.89. The molecule has 0 aliphatic carbocycles. The van der Waals surface area contributed by atoms with Crippen LogP contribution in [0.3, 0.4) is 0 Å². The number of carbonyl (C=O) groups is 1. The van der Waals surface area contributed by atoms with Gasteiger partial charge in [-0.2, -0.15) is 0 Å². The van der Waals surface area contributed by atoms with E-state index in [1.807, 2.05) is 32.0 Å². The van der Waals surface area contributed by atoms with Crippen molar-refractivity contribution in [2.24, 2.45) is 0 Å². The number of carboxylic acid groups (broad SMARTS) is 1. The molecule has 9 heteroatoms. The van der Waals surface area contributed by atoms with Gasteiger partial charge < -0.3 is 9.84 Å². The number of H-pyrrole nitrogens is 1. The van der Waals surface area contributed by atoms with Crippen molar-refractivity contribution in [1.29, 1.82) is 0 Å². The highest BCUT2D eigenvalue weighted by Crippen LogP contribution is 2.32. The van der Waals surface area contributed by atoms with Crippen LogP contribution in [0.5, 0.6) is 5.75 Å². The molecule has 29 heavy (non-hydrogen) atoms. The largest absolute Gasteiger partial charge is 0.490 e. The Morgan fingerprint density at radius 1 is 1.28 bits per heavy atom. The average Bonchev–Trinajstić information content (AvgIpc) is 3.12. The minimum Gasteiger partial charge on any atom is -0.490 e. The first-order valence-corrected chi connectivity index (χ1v) is 10.6. The molecule has 6 nitrogen and oxygen atoms in total. The SMILES string of the molecule is CC(C)Oc1ccc(Br)cc1/C=C(/Sc1n[nH]c(-c2ccc(Cl)cc2)n1)C(=O)O. The predicted molar refractivity (Wildman–Crippen MR) is 118 cm³/mol. The van der Waals surface area contributed by atoms with Crippen LogP contribution in [-0.4, -0.2) is 32.4 Å². The Morgan fingerprint density at radius 3 is 2.66 bits per heavy atom. The Bertz CT molecular complexity index is 1050. The summed E-state index contributed by atoms with van der Waals surface area (Å²) in [5.41, 5.74) is 1.45. The van der Waals surface area contributed by atoms with E-state index in [-0.39, 0.29) is 11.0 Å². The lowest BCUT2D eigenvalue weighted by Gasteiger charge is -2.13. The Kier molecular flexibility index (Phi) is 7.00. The Hall–Kier alpha value is -2.29. The van der Waals surface area contributed by atoms with Gasteiger partial charge in [-0.25, -0.2) is 9.78 Å². The fraction of sp³-hybridized carbons (Fsp3) is 0.150. The zero-order valence-electron chi connectivity index (χ0n) is 15.5. The molecule has 0 aliphatic heterocycles. The molecular formula is C20H17BrClN3O3S. The number of hydrogen-bond acceptors (Lipinski definition) is 5. The maximum atomic E-state index is 11.8. The van der Waals surface area contributed by atoms with Crippen LogP contribution in [-0.2, 0) is 4.79 Å². The second-order valence-electron chi connectivity index (χ2n) is 6.24. The fourth-order valence-electron chi connectivity index (χ4n) is 2.40. The molecule has 1 heterocycles. The maximum absolute atomic E-state index is 11.8. The van der Waals surface area contributed by atoms with Crippen molar-refractivity contribution in [3.05, 3.63) is 62.4 Å². The smallest absolute Gasteiger partial charge is 0.342 e.